The first-order chi connectivity index (χ1) is 14.1. The standard InChI is InChI=1S/C23H21FN2O3/c24-17-7-5-15(6-8-17)18-14-19(18)22(27)25-9-11-26(12-10-25)23(28)21-13-16-3-1-2-4-20(16)29-21/h1-8,13,18-19H,9-12,14H2. The lowest BCUT2D eigenvalue weighted by Gasteiger charge is -2.34. The van der Waals surface area contributed by atoms with Crippen LogP contribution in [0.3, 0.4) is 0 Å². The highest BCUT2D eigenvalue weighted by molar-refractivity contribution is 5.96. The maximum atomic E-state index is 13.1. The molecule has 1 aromatic heterocycles. The van der Waals surface area contributed by atoms with Gasteiger partial charge < -0.3 is 14.2 Å². The Morgan fingerprint density at radius 1 is 0.931 bits per heavy atom. The third kappa shape index (κ3) is 3.39. The van der Waals surface area contributed by atoms with Crippen LogP contribution in [-0.2, 0) is 4.79 Å². The van der Waals surface area contributed by atoms with Crippen molar-refractivity contribution in [2.75, 3.05) is 26.2 Å². The summed E-state index contributed by atoms with van der Waals surface area (Å²) in [6.07, 6.45) is 0.808. The van der Waals surface area contributed by atoms with Gasteiger partial charge in [-0.15, -0.1) is 0 Å². The Hall–Kier alpha value is -3.15. The number of furan rings is 1. The first-order valence-electron chi connectivity index (χ1n) is 9.92. The van der Waals surface area contributed by atoms with Gasteiger partial charge in [0.15, 0.2) is 5.76 Å². The predicted molar refractivity (Wildman–Crippen MR) is 106 cm³/mol. The van der Waals surface area contributed by atoms with Crippen LogP contribution < -0.4 is 0 Å². The van der Waals surface area contributed by atoms with E-state index in [1.165, 1.54) is 12.1 Å². The van der Waals surface area contributed by atoms with Crippen LogP contribution in [0.25, 0.3) is 11.0 Å². The van der Waals surface area contributed by atoms with Crippen LogP contribution >= 0.6 is 0 Å². The average Bonchev–Trinajstić information content (AvgIpc) is 3.43. The number of para-hydroxylation sites is 1. The van der Waals surface area contributed by atoms with Gasteiger partial charge in [0.25, 0.3) is 5.91 Å². The van der Waals surface area contributed by atoms with Crippen LogP contribution in [0.4, 0.5) is 4.39 Å². The van der Waals surface area contributed by atoms with E-state index in [1.807, 2.05) is 29.2 Å². The predicted octanol–water partition coefficient (Wildman–Crippen LogP) is 3.66. The molecule has 1 saturated carbocycles. The highest BCUT2D eigenvalue weighted by Gasteiger charge is 2.46. The molecule has 1 aliphatic carbocycles. The zero-order valence-electron chi connectivity index (χ0n) is 15.9. The third-order valence-electron chi connectivity index (χ3n) is 5.92. The van der Waals surface area contributed by atoms with Crippen LogP contribution in [0, 0.1) is 11.7 Å². The number of amides is 2. The van der Waals surface area contributed by atoms with E-state index in [9.17, 15) is 14.0 Å². The number of carbonyl (C=O) groups is 2. The zero-order valence-corrected chi connectivity index (χ0v) is 15.9. The molecule has 2 fully saturated rings. The van der Waals surface area contributed by atoms with Crippen molar-refractivity contribution < 1.29 is 18.4 Å². The van der Waals surface area contributed by atoms with E-state index >= 15 is 0 Å². The number of rotatable bonds is 3. The van der Waals surface area contributed by atoms with Crippen LogP contribution in [0.15, 0.2) is 59.0 Å². The first kappa shape index (κ1) is 17.9. The minimum Gasteiger partial charge on any atom is -0.451 e. The second kappa shape index (κ2) is 7.03. The molecule has 2 heterocycles. The summed E-state index contributed by atoms with van der Waals surface area (Å²) in [6, 6.07) is 15.7. The number of nitrogens with zero attached hydrogens (tertiary/aromatic N) is 2. The van der Waals surface area contributed by atoms with Crippen LogP contribution in [0.1, 0.15) is 28.5 Å². The monoisotopic (exact) mass is 392 g/mol. The molecule has 2 unspecified atom stereocenters. The molecule has 1 aliphatic heterocycles. The maximum absolute atomic E-state index is 13.1. The molecule has 2 amide bonds. The Morgan fingerprint density at radius 3 is 2.34 bits per heavy atom. The molecule has 29 heavy (non-hydrogen) atoms. The van der Waals surface area contributed by atoms with Crippen molar-refractivity contribution >= 4 is 22.8 Å². The maximum Gasteiger partial charge on any atom is 0.289 e. The minimum atomic E-state index is -0.262. The summed E-state index contributed by atoms with van der Waals surface area (Å²) in [5, 5.41) is 0.908. The third-order valence-corrected chi connectivity index (χ3v) is 5.92. The number of piperazine rings is 1. The summed E-state index contributed by atoms with van der Waals surface area (Å²) in [7, 11) is 0. The molecule has 1 saturated heterocycles. The molecule has 2 aliphatic rings. The number of fused-ring (bicyclic) bond motifs is 1. The van der Waals surface area contributed by atoms with E-state index in [4.69, 9.17) is 4.42 Å². The summed E-state index contributed by atoms with van der Waals surface area (Å²) in [6.45, 7) is 2.04. The van der Waals surface area contributed by atoms with E-state index in [2.05, 4.69) is 0 Å². The Kier molecular flexibility index (Phi) is 4.34. The van der Waals surface area contributed by atoms with Crippen LogP contribution in [-0.4, -0.2) is 47.8 Å². The van der Waals surface area contributed by atoms with Crippen molar-refractivity contribution in [3.63, 3.8) is 0 Å². The molecule has 3 aromatic rings. The van der Waals surface area contributed by atoms with Gasteiger partial charge in [-0.05, 0) is 42.2 Å². The molecule has 148 valence electrons. The summed E-state index contributed by atoms with van der Waals surface area (Å²) in [5.41, 5.74) is 1.72. The normalized spacial score (nSPS) is 21.4. The SMILES string of the molecule is O=C(c1cc2ccccc2o1)N1CCN(C(=O)C2CC2c2ccc(F)cc2)CC1. The summed E-state index contributed by atoms with van der Waals surface area (Å²) < 4.78 is 18.8. The smallest absolute Gasteiger partial charge is 0.289 e. The highest BCUT2D eigenvalue weighted by atomic mass is 19.1. The molecule has 0 spiro atoms. The fourth-order valence-corrected chi connectivity index (χ4v) is 4.15. The van der Waals surface area contributed by atoms with Gasteiger partial charge in [-0.25, -0.2) is 4.39 Å². The van der Waals surface area contributed by atoms with Gasteiger partial charge in [0, 0.05) is 37.5 Å². The van der Waals surface area contributed by atoms with Gasteiger partial charge in [-0.2, -0.15) is 0 Å². The summed E-state index contributed by atoms with van der Waals surface area (Å²) >= 11 is 0. The topological polar surface area (TPSA) is 53.8 Å². The first-order valence-corrected chi connectivity index (χ1v) is 9.92. The Balaban J connectivity index is 1.19. The highest BCUT2D eigenvalue weighted by Crippen LogP contribution is 2.48. The van der Waals surface area contributed by atoms with Crippen molar-refractivity contribution in [1.82, 2.24) is 9.80 Å². The molecule has 6 heteroatoms. The number of hydrogen-bond donors (Lipinski definition) is 0. The lowest BCUT2D eigenvalue weighted by molar-refractivity contribution is -0.134. The summed E-state index contributed by atoms with van der Waals surface area (Å²) in [5.74, 6) is 0.225. The second-order valence-electron chi connectivity index (χ2n) is 7.77. The molecule has 5 nitrogen and oxygen atoms in total. The van der Waals surface area contributed by atoms with Gasteiger partial charge in [-0.3, -0.25) is 9.59 Å². The number of carbonyl (C=O) groups excluding carboxylic acids is 2. The van der Waals surface area contributed by atoms with Crippen molar-refractivity contribution in [3.8, 4) is 0 Å². The molecule has 2 atom stereocenters. The minimum absolute atomic E-state index is 0.0296. The zero-order chi connectivity index (χ0) is 20.0. The Morgan fingerprint density at radius 2 is 1.62 bits per heavy atom. The van der Waals surface area contributed by atoms with Crippen molar-refractivity contribution in [1.29, 1.82) is 0 Å². The molecular weight excluding hydrogens is 371 g/mol. The molecule has 0 N–H and O–H groups in total. The van der Waals surface area contributed by atoms with Crippen molar-refractivity contribution in [2.45, 2.75) is 12.3 Å². The van der Waals surface area contributed by atoms with E-state index in [-0.39, 0.29) is 29.5 Å². The van der Waals surface area contributed by atoms with Gasteiger partial charge in [0.05, 0.1) is 0 Å². The largest absolute Gasteiger partial charge is 0.451 e. The van der Waals surface area contributed by atoms with Crippen LogP contribution in [0.5, 0.6) is 0 Å². The molecule has 2 aromatic carbocycles. The number of benzene rings is 2. The quantitative estimate of drug-likeness (QED) is 0.684. The number of hydrogen-bond acceptors (Lipinski definition) is 3. The molecule has 5 rings (SSSR count). The molecular formula is C23H21FN2O3. The van der Waals surface area contributed by atoms with E-state index in [0.29, 0.717) is 37.5 Å². The van der Waals surface area contributed by atoms with Gasteiger partial charge in [-0.1, -0.05) is 30.3 Å². The Labute approximate surface area is 167 Å². The molecule has 0 bridgehead atoms. The second-order valence-corrected chi connectivity index (χ2v) is 7.77. The van der Waals surface area contributed by atoms with Gasteiger partial charge in [0.2, 0.25) is 5.91 Å². The molecule has 0 radical (unpaired) electrons. The van der Waals surface area contributed by atoms with Crippen LogP contribution in [0.2, 0.25) is 0 Å². The summed E-state index contributed by atoms with van der Waals surface area (Å²) in [4.78, 5) is 29.1. The number of halogens is 1. The van der Waals surface area contributed by atoms with Crippen molar-refractivity contribution in [2.24, 2.45) is 5.92 Å². The lowest BCUT2D eigenvalue weighted by atomic mass is 10.1. The average molecular weight is 392 g/mol. The van der Waals surface area contributed by atoms with Crippen molar-refractivity contribution in [3.05, 3.63) is 71.7 Å². The fourth-order valence-electron chi connectivity index (χ4n) is 4.15. The van der Waals surface area contributed by atoms with E-state index in [1.54, 1.807) is 23.1 Å². The van der Waals surface area contributed by atoms with E-state index in [0.717, 1.165) is 17.4 Å². The lowest BCUT2D eigenvalue weighted by Crippen LogP contribution is -2.51. The van der Waals surface area contributed by atoms with Gasteiger partial charge >= 0.3 is 0 Å². The fraction of sp³-hybridized carbons (Fsp3) is 0.304. The van der Waals surface area contributed by atoms with E-state index < -0.39 is 0 Å². The van der Waals surface area contributed by atoms with Gasteiger partial charge in [0.1, 0.15) is 11.4 Å². The Bertz CT molecular complexity index is 1030.